The van der Waals surface area contributed by atoms with Crippen molar-refractivity contribution in [2.24, 2.45) is 0 Å². The molecule has 0 radical (unpaired) electrons. The monoisotopic (exact) mass is 331 g/mol. The second kappa shape index (κ2) is 6.17. The van der Waals surface area contributed by atoms with Gasteiger partial charge in [-0.1, -0.05) is 28.1 Å². The smallest absolute Gasteiger partial charge is 0.274 e. The molecule has 2 aromatic carbocycles. The van der Waals surface area contributed by atoms with E-state index in [1.165, 1.54) is 6.07 Å². The van der Waals surface area contributed by atoms with E-state index < -0.39 is 4.92 Å². The van der Waals surface area contributed by atoms with Crippen molar-refractivity contribution in [3.05, 3.63) is 68.2 Å². The SMILES string of the molecule is N#Cc1ccccc1NCc1cc(Br)ccc1[N+](=O)[O-]. The Morgan fingerprint density at radius 2 is 2.05 bits per heavy atom. The fourth-order valence-electron chi connectivity index (χ4n) is 1.80. The van der Waals surface area contributed by atoms with Gasteiger partial charge < -0.3 is 5.32 Å². The molecule has 0 aliphatic heterocycles. The molecule has 0 heterocycles. The number of rotatable bonds is 4. The first kappa shape index (κ1) is 14.0. The van der Waals surface area contributed by atoms with Crippen molar-refractivity contribution >= 4 is 27.3 Å². The average molecular weight is 332 g/mol. The first-order chi connectivity index (χ1) is 9.61. The van der Waals surface area contributed by atoms with Crippen LogP contribution in [0, 0.1) is 21.4 Å². The molecule has 0 saturated heterocycles. The summed E-state index contributed by atoms with van der Waals surface area (Å²) in [5.74, 6) is 0. The Morgan fingerprint density at radius 1 is 1.30 bits per heavy atom. The van der Waals surface area contributed by atoms with Crippen molar-refractivity contribution in [2.45, 2.75) is 6.54 Å². The molecule has 0 amide bonds. The Kier molecular flexibility index (Phi) is 4.33. The van der Waals surface area contributed by atoms with Crippen LogP contribution in [-0.4, -0.2) is 4.92 Å². The summed E-state index contributed by atoms with van der Waals surface area (Å²) >= 11 is 3.30. The highest BCUT2D eigenvalue weighted by Gasteiger charge is 2.13. The van der Waals surface area contributed by atoms with Gasteiger partial charge in [0.1, 0.15) is 6.07 Å². The molecule has 0 saturated carbocycles. The second-order valence-electron chi connectivity index (χ2n) is 4.04. The molecule has 20 heavy (non-hydrogen) atoms. The lowest BCUT2D eigenvalue weighted by atomic mass is 10.1. The number of nitrogens with zero attached hydrogens (tertiary/aromatic N) is 2. The van der Waals surface area contributed by atoms with Gasteiger partial charge in [0.15, 0.2) is 0 Å². The number of benzene rings is 2. The summed E-state index contributed by atoms with van der Waals surface area (Å²) in [6.07, 6.45) is 0. The van der Waals surface area contributed by atoms with Crippen LogP contribution in [0.15, 0.2) is 46.9 Å². The molecule has 6 heteroatoms. The van der Waals surface area contributed by atoms with Gasteiger partial charge in [-0.15, -0.1) is 0 Å². The van der Waals surface area contributed by atoms with E-state index in [9.17, 15) is 10.1 Å². The Balaban J connectivity index is 2.25. The molecule has 0 atom stereocenters. The summed E-state index contributed by atoms with van der Waals surface area (Å²) < 4.78 is 0.772. The van der Waals surface area contributed by atoms with Crippen LogP contribution in [0.3, 0.4) is 0 Å². The molecule has 0 bridgehead atoms. The van der Waals surface area contributed by atoms with Gasteiger partial charge in [-0.2, -0.15) is 5.26 Å². The number of nitriles is 1. The van der Waals surface area contributed by atoms with E-state index in [1.807, 2.05) is 0 Å². The maximum atomic E-state index is 11.0. The first-order valence-electron chi connectivity index (χ1n) is 5.77. The van der Waals surface area contributed by atoms with E-state index in [1.54, 1.807) is 36.4 Å². The first-order valence-corrected chi connectivity index (χ1v) is 6.57. The van der Waals surface area contributed by atoms with Crippen LogP contribution in [-0.2, 0) is 6.54 Å². The van der Waals surface area contributed by atoms with Crippen molar-refractivity contribution in [1.82, 2.24) is 0 Å². The van der Waals surface area contributed by atoms with E-state index in [0.717, 1.165) is 4.47 Å². The third kappa shape index (κ3) is 3.13. The van der Waals surface area contributed by atoms with Crippen LogP contribution >= 0.6 is 15.9 Å². The summed E-state index contributed by atoms with van der Waals surface area (Å²) in [6.45, 7) is 0.272. The van der Waals surface area contributed by atoms with E-state index in [-0.39, 0.29) is 12.2 Å². The van der Waals surface area contributed by atoms with E-state index >= 15 is 0 Å². The minimum Gasteiger partial charge on any atom is -0.380 e. The fraction of sp³-hybridized carbons (Fsp3) is 0.0714. The summed E-state index contributed by atoms with van der Waals surface area (Å²) in [4.78, 5) is 10.6. The summed E-state index contributed by atoms with van der Waals surface area (Å²) in [6, 6.07) is 13.9. The normalized spacial score (nSPS) is 9.80. The summed E-state index contributed by atoms with van der Waals surface area (Å²) in [5, 5.41) is 23.0. The number of halogens is 1. The quantitative estimate of drug-likeness (QED) is 0.681. The Bertz CT molecular complexity index is 695. The molecule has 0 spiro atoms. The molecule has 0 aromatic heterocycles. The van der Waals surface area contributed by atoms with Crippen LogP contribution in [0.5, 0.6) is 0 Å². The molecule has 0 fully saturated rings. The number of hydrogen-bond acceptors (Lipinski definition) is 4. The highest BCUT2D eigenvalue weighted by molar-refractivity contribution is 9.10. The van der Waals surface area contributed by atoms with Crippen LogP contribution in [0.2, 0.25) is 0 Å². The maximum absolute atomic E-state index is 11.0. The number of nitro groups is 1. The summed E-state index contributed by atoms with van der Waals surface area (Å²) in [5.41, 5.74) is 1.77. The van der Waals surface area contributed by atoms with Crippen molar-refractivity contribution in [3.63, 3.8) is 0 Å². The molecule has 100 valence electrons. The zero-order valence-corrected chi connectivity index (χ0v) is 11.9. The van der Waals surface area contributed by atoms with Gasteiger partial charge in [-0.25, -0.2) is 0 Å². The lowest BCUT2D eigenvalue weighted by Crippen LogP contribution is -2.04. The number of nitrogens with one attached hydrogen (secondary N) is 1. The number of nitro benzene ring substituents is 1. The minimum atomic E-state index is -0.417. The van der Waals surface area contributed by atoms with Gasteiger partial charge in [0, 0.05) is 22.6 Å². The largest absolute Gasteiger partial charge is 0.380 e. The maximum Gasteiger partial charge on any atom is 0.274 e. The van der Waals surface area contributed by atoms with Crippen molar-refractivity contribution < 1.29 is 4.92 Å². The van der Waals surface area contributed by atoms with Crippen molar-refractivity contribution in [2.75, 3.05) is 5.32 Å². The van der Waals surface area contributed by atoms with Gasteiger partial charge in [-0.05, 0) is 24.3 Å². The van der Waals surface area contributed by atoms with Gasteiger partial charge in [0.2, 0.25) is 0 Å². The third-order valence-electron chi connectivity index (χ3n) is 2.76. The molecule has 0 aliphatic carbocycles. The Hall–Kier alpha value is -2.39. The predicted molar refractivity (Wildman–Crippen MR) is 79.3 cm³/mol. The molecule has 2 aromatic rings. The highest BCUT2D eigenvalue weighted by atomic mass is 79.9. The van der Waals surface area contributed by atoms with Gasteiger partial charge in [-0.3, -0.25) is 10.1 Å². The highest BCUT2D eigenvalue weighted by Crippen LogP contribution is 2.24. The van der Waals surface area contributed by atoms with Gasteiger partial charge in [0.05, 0.1) is 16.2 Å². The average Bonchev–Trinajstić information content (AvgIpc) is 2.45. The second-order valence-corrected chi connectivity index (χ2v) is 4.96. The number of hydrogen-bond donors (Lipinski definition) is 1. The van der Waals surface area contributed by atoms with Crippen LogP contribution in [0.25, 0.3) is 0 Å². The van der Waals surface area contributed by atoms with Gasteiger partial charge >= 0.3 is 0 Å². The number of anilines is 1. The van der Waals surface area contributed by atoms with Crippen molar-refractivity contribution in [1.29, 1.82) is 5.26 Å². The third-order valence-corrected chi connectivity index (χ3v) is 3.25. The van der Waals surface area contributed by atoms with E-state index in [4.69, 9.17) is 5.26 Å². The molecule has 2 rings (SSSR count). The predicted octanol–water partition coefficient (Wildman–Crippen LogP) is 3.84. The molecule has 0 aliphatic rings. The lowest BCUT2D eigenvalue weighted by molar-refractivity contribution is -0.385. The van der Waals surface area contributed by atoms with Crippen LogP contribution in [0.1, 0.15) is 11.1 Å². The van der Waals surface area contributed by atoms with Crippen molar-refractivity contribution in [3.8, 4) is 6.07 Å². The molecule has 1 N–H and O–H groups in total. The Morgan fingerprint density at radius 3 is 2.75 bits per heavy atom. The summed E-state index contributed by atoms with van der Waals surface area (Å²) in [7, 11) is 0. The zero-order chi connectivity index (χ0) is 14.5. The van der Waals surface area contributed by atoms with Gasteiger partial charge in [0.25, 0.3) is 5.69 Å². The number of para-hydroxylation sites is 1. The van der Waals surface area contributed by atoms with E-state index in [0.29, 0.717) is 16.8 Å². The minimum absolute atomic E-state index is 0.0511. The topological polar surface area (TPSA) is 79.0 Å². The fourth-order valence-corrected chi connectivity index (χ4v) is 2.21. The zero-order valence-electron chi connectivity index (χ0n) is 10.3. The van der Waals surface area contributed by atoms with E-state index in [2.05, 4.69) is 27.3 Å². The standard InChI is InChI=1S/C14H10BrN3O2/c15-12-5-6-14(18(19)20)11(7-12)9-17-13-4-2-1-3-10(13)8-16/h1-7,17H,9H2. The van der Waals surface area contributed by atoms with Crippen LogP contribution < -0.4 is 5.32 Å². The molecule has 5 nitrogen and oxygen atoms in total. The molecular weight excluding hydrogens is 322 g/mol. The lowest BCUT2D eigenvalue weighted by Gasteiger charge is -2.08. The Labute approximate surface area is 124 Å². The molecular formula is C14H10BrN3O2. The van der Waals surface area contributed by atoms with Crippen LogP contribution in [0.4, 0.5) is 11.4 Å². The molecule has 0 unspecified atom stereocenters.